The largest absolute Gasteiger partial charge is 0.507 e. The van der Waals surface area contributed by atoms with E-state index in [9.17, 15) is 26.7 Å². The molecule has 1 aliphatic heterocycles. The maximum Gasteiger partial charge on any atom is 0.345 e. The van der Waals surface area contributed by atoms with E-state index < -0.39 is 32.1 Å². The number of anilines is 1. The Bertz CT molecular complexity index is 1500. The SMILES string of the molecule is Cc1ccc2c(N3CCC(NC(=O)N(S(C)(=O)=O)S(C)(=O)=O)CC3)nc(-c3ccccc3O)nc2c1. The lowest BCUT2D eigenvalue weighted by Gasteiger charge is -2.34. The van der Waals surface area contributed by atoms with E-state index in [1.54, 1.807) is 24.3 Å². The number of nitrogens with zero attached hydrogens (tertiary/aromatic N) is 4. The van der Waals surface area contributed by atoms with Gasteiger partial charge in [-0.1, -0.05) is 18.2 Å². The van der Waals surface area contributed by atoms with E-state index in [1.807, 2.05) is 30.0 Å². The van der Waals surface area contributed by atoms with Crippen LogP contribution >= 0.6 is 0 Å². The van der Waals surface area contributed by atoms with Gasteiger partial charge in [0.15, 0.2) is 5.82 Å². The third-order valence-electron chi connectivity index (χ3n) is 5.87. The van der Waals surface area contributed by atoms with Crippen LogP contribution in [0.4, 0.5) is 10.6 Å². The van der Waals surface area contributed by atoms with Gasteiger partial charge >= 0.3 is 6.03 Å². The lowest BCUT2D eigenvalue weighted by Crippen LogP contribution is -2.52. The van der Waals surface area contributed by atoms with E-state index in [-0.39, 0.29) is 9.46 Å². The number of aryl methyl sites for hydroxylation is 1. The molecule has 0 atom stereocenters. The van der Waals surface area contributed by atoms with Gasteiger partial charge in [-0.15, -0.1) is 3.71 Å². The molecular formula is C23H27N5O6S2. The number of nitrogens with one attached hydrogen (secondary N) is 1. The van der Waals surface area contributed by atoms with Crippen molar-refractivity contribution in [3.63, 3.8) is 0 Å². The summed E-state index contributed by atoms with van der Waals surface area (Å²) in [6.07, 6.45) is 2.22. The molecular weight excluding hydrogens is 506 g/mol. The Kier molecular flexibility index (Phi) is 6.80. The summed E-state index contributed by atoms with van der Waals surface area (Å²) in [5.41, 5.74) is 2.26. The fourth-order valence-electron chi connectivity index (χ4n) is 4.26. The standard InChI is InChI=1S/C23H27N5O6S2/c1-15-8-9-17-19(14-15)25-21(18-6-4-5-7-20(18)29)26-22(17)27-12-10-16(11-13-27)24-23(30)28(35(2,31)32)36(3,33)34/h4-9,14,16,29H,10-13H2,1-3H3,(H,24,30). The number of benzene rings is 2. The van der Waals surface area contributed by atoms with Gasteiger partial charge in [0.1, 0.15) is 11.6 Å². The molecule has 2 amide bonds. The number of sulfonamides is 2. The number of carbonyl (C=O) groups is 1. The molecule has 3 aromatic rings. The Morgan fingerprint density at radius 1 is 1.03 bits per heavy atom. The molecule has 0 bridgehead atoms. The van der Waals surface area contributed by atoms with E-state index in [0.717, 1.165) is 16.5 Å². The molecule has 1 aromatic heterocycles. The maximum atomic E-state index is 12.5. The summed E-state index contributed by atoms with van der Waals surface area (Å²) in [6.45, 7) is 2.91. The summed E-state index contributed by atoms with van der Waals surface area (Å²) in [6, 6.07) is 11.1. The van der Waals surface area contributed by atoms with Crippen LogP contribution in [-0.4, -0.2) is 73.3 Å². The van der Waals surface area contributed by atoms with Gasteiger partial charge in [-0.25, -0.2) is 31.6 Å². The predicted octanol–water partition coefficient (Wildman–Crippen LogP) is 2.21. The third kappa shape index (κ3) is 5.36. The number of aromatic hydroxyl groups is 1. The van der Waals surface area contributed by atoms with Gasteiger partial charge in [0, 0.05) is 24.5 Å². The van der Waals surface area contributed by atoms with Gasteiger partial charge in [0.05, 0.1) is 23.6 Å². The van der Waals surface area contributed by atoms with E-state index in [2.05, 4.69) is 10.3 Å². The molecule has 4 rings (SSSR count). The van der Waals surface area contributed by atoms with E-state index in [0.29, 0.717) is 55.6 Å². The predicted molar refractivity (Wildman–Crippen MR) is 137 cm³/mol. The van der Waals surface area contributed by atoms with Crippen LogP contribution in [0.5, 0.6) is 5.75 Å². The summed E-state index contributed by atoms with van der Waals surface area (Å²) < 4.78 is 47.3. The number of amides is 2. The number of hydrogen-bond donors (Lipinski definition) is 2. The topological polar surface area (TPSA) is 150 Å². The smallest absolute Gasteiger partial charge is 0.345 e. The van der Waals surface area contributed by atoms with E-state index in [1.165, 1.54) is 0 Å². The lowest BCUT2D eigenvalue weighted by atomic mass is 10.0. The van der Waals surface area contributed by atoms with Crippen LogP contribution < -0.4 is 10.2 Å². The first-order valence-electron chi connectivity index (χ1n) is 11.2. The Labute approximate surface area is 209 Å². The second kappa shape index (κ2) is 9.54. The second-order valence-corrected chi connectivity index (χ2v) is 12.7. The zero-order chi connectivity index (χ0) is 26.3. The second-order valence-electron chi connectivity index (χ2n) is 8.84. The normalized spacial score (nSPS) is 15.1. The highest BCUT2D eigenvalue weighted by atomic mass is 32.3. The molecule has 1 aliphatic rings. The summed E-state index contributed by atoms with van der Waals surface area (Å²) in [7, 11) is -8.61. The fraction of sp³-hybridized carbons (Fsp3) is 0.348. The van der Waals surface area contributed by atoms with Gasteiger partial charge < -0.3 is 15.3 Å². The van der Waals surface area contributed by atoms with Crippen LogP contribution in [0.3, 0.4) is 0 Å². The molecule has 11 nitrogen and oxygen atoms in total. The number of urea groups is 1. The van der Waals surface area contributed by atoms with Crippen LogP contribution in [0.1, 0.15) is 18.4 Å². The molecule has 2 heterocycles. The molecule has 13 heteroatoms. The first-order valence-corrected chi connectivity index (χ1v) is 14.9. The molecule has 2 aromatic carbocycles. The summed E-state index contributed by atoms with van der Waals surface area (Å²) in [5, 5.41) is 13.7. The number of hydrogen-bond acceptors (Lipinski definition) is 9. The molecule has 1 fully saturated rings. The van der Waals surface area contributed by atoms with Crippen molar-refractivity contribution in [2.24, 2.45) is 0 Å². The quantitative estimate of drug-likeness (QED) is 0.503. The number of rotatable bonds is 5. The van der Waals surface area contributed by atoms with Crippen LogP contribution in [0.15, 0.2) is 42.5 Å². The van der Waals surface area contributed by atoms with Gasteiger partial charge in [-0.2, -0.15) is 0 Å². The van der Waals surface area contributed by atoms with Crippen LogP contribution in [-0.2, 0) is 20.0 Å². The number of para-hydroxylation sites is 1. The molecule has 2 N–H and O–H groups in total. The highest BCUT2D eigenvalue weighted by Crippen LogP contribution is 2.33. The molecule has 1 saturated heterocycles. The van der Waals surface area contributed by atoms with Crippen molar-refractivity contribution < 1.29 is 26.7 Å². The number of phenolic OH excluding ortho intramolecular Hbond substituents is 1. The van der Waals surface area contributed by atoms with Gasteiger partial charge in [0.2, 0.25) is 20.0 Å². The van der Waals surface area contributed by atoms with Gasteiger partial charge in [-0.05, 0) is 49.6 Å². The van der Waals surface area contributed by atoms with Crippen molar-refractivity contribution in [1.29, 1.82) is 0 Å². The van der Waals surface area contributed by atoms with Crippen molar-refractivity contribution in [2.45, 2.75) is 25.8 Å². The molecule has 36 heavy (non-hydrogen) atoms. The minimum atomic E-state index is -4.30. The molecule has 0 aliphatic carbocycles. The van der Waals surface area contributed by atoms with Crippen molar-refractivity contribution in [1.82, 2.24) is 19.0 Å². The average molecular weight is 534 g/mol. The number of aromatic nitrogens is 2. The number of fused-ring (bicyclic) bond motifs is 1. The third-order valence-corrected chi connectivity index (χ3v) is 9.03. The average Bonchev–Trinajstić information content (AvgIpc) is 2.77. The first-order chi connectivity index (χ1) is 16.8. The zero-order valence-electron chi connectivity index (χ0n) is 20.0. The molecule has 192 valence electrons. The highest BCUT2D eigenvalue weighted by molar-refractivity contribution is 8.04. The molecule has 0 spiro atoms. The van der Waals surface area contributed by atoms with E-state index in [4.69, 9.17) is 4.98 Å². The minimum Gasteiger partial charge on any atom is -0.507 e. The Morgan fingerprint density at radius 2 is 1.67 bits per heavy atom. The molecule has 0 saturated carbocycles. The number of carbonyl (C=O) groups excluding carboxylic acids is 1. The van der Waals surface area contributed by atoms with Crippen molar-refractivity contribution in [3.05, 3.63) is 48.0 Å². The van der Waals surface area contributed by atoms with Crippen LogP contribution in [0, 0.1) is 6.92 Å². The summed E-state index contributed by atoms with van der Waals surface area (Å²) in [5.74, 6) is 1.13. The molecule has 0 radical (unpaired) electrons. The zero-order valence-corrected chi connectivity index (χ0v) is 21.7. The first kappa shape index (κ1) is 25.6. The monoisotopic (exact) mass is 533 g/mol. The van der Waals surface area contributed by atoms with Crippen LogP contribution in [0.2, 0.25) is 0 Å². The summed E-state index contributed by atoms with van der Waals surface area (Å²) >= 11 is 0. The van der Waals surface area contributed by atoms with Crippen LogP contribution in [0.25, 0.3) is 22.3 Å². The Balaban J connectivity index is 1.59. The summed E-state index contributed by atoms with van der Waals surface area (Å²) in [4.78, 5) is 24.0. The van der Waals surface area contributed by atoms with E-state index >= 15 is 0 Å². The van der Waals surface area contributed by atoms with Gasteiger partial charge in [0.25, 0.3) is 0 Å². The molecule has 0 unspecified atom stereocenters. The maximum absolute atomic E-state index is 12.5. The van der Waals surface area contributed by atoms with Gasteiger partial charge in [-0.3, -0.25) is 0 Å². The Morgan fingerprint density at radius 3 is 2.28 bits per heavy atom. The van der Waals surface area contributed by atoms with Crippen molar-refractivity contribution >= 4 is 42.8 Å². The van der Waals surface area contributed by atoms with Crippen molar-refractivity contribution in [2.75, 3.05) is 30.5 Å². The highest BCUT2D eigenvalue weighted by Gasteiger charge is 2.34. The number of phenols is 1. The lowest BCUT2D eigenvalue weighted by molar-refractivity contribution is 0.229. The number of piperidine rings is 1. The Hall–Kier alpha value is -3.45. The minimum absolute atomic E-state index is 0.0678. The van der Waals surface area contributed by atoms with Crippen molar-refractivity contribution in [3.8, 4) is 17.1 Å². The fourth-order valence-corrected chi connectivity index (χ4v) is 6.93.